The number of ether oxygens (including phenoxy) is 3. The molecule has 0 aliphatic carbocycles. The minimum Gasteiger partial charge on any atom is -0.455 e. The largest absolute Gasteiger partial charge is 0.455 e. The summed E-state index contributed by atoms with van der Waals surface area (Å²) in [4.78, 5) is 11.9. The third-order valence-electron chi connectivity index (χ3n) is 3.97. The summed E-state index contributed by atoms with van der Waals surface area (Å²) in [7, 11) is -3.58. The van der Waals surface area contributed by atoms with Crippen LogP contribution in [-0.4, -0.2) is 33.5 Å². The normalized spacial score (nSPS) is 15.5. The van der Waals surface area contributed by atoms with Gasteiger partial charge in [0.1, 0.15) is 5.82 Å². The molecule has 2 aromatic rings. The summed E-state index contributed by atoms with van der Waals surface area (Å²) in [5.41, 5.74) is 1.34. The van der Waals surface area contributed by atoms with Crippen LogP contribution >= 0.6 is 0 Å². The fourth-order valence-corrected chi connectivity index (χ4v) is 3.19. The number of nitrogens with one attached hydrogen (secondary N) is 2. The summed E-state index contributed by atoms with van der Waals surface area (Å²) in [6, 6.07) is 13.6. The second-order valence-corrected chi connectivity index (χ2v) is 8.31. The first kappa shape index (κ1) is 21.4. The zero-order chi connectivity index (χ0) is 21.6. The second kappa shape index (κ2) is 9.49. The molecule has 160 valence electrons. The van der Waals surface area contributed by atoms with Crippen molar-refractivity contribution in [1.82, 2.24) is 5.32 Å². The summed E-state index contributed by atoms with van der Waals surface area (Å²) < 4.78 is 54.5. The van der Waals surface area contributed by atoms with Crippen LogP contribution in [0.25, 0.3) is 0 Å². The van der Waals surface area contributed by atoms with Gasteiger partial charge in [0.15, 0.2) is 12.9 Å². The van der Waals surface area contributed by atoms with Crippen molar-refractivity contribution in [3.63, 3.8) is 0 Å². The maximum absolute atomic E-state index is 13.9. The molecular weight excluding hydrogens is 415 g/mol. The van der Waals surface area contributed by atoms with Crippen molar-refractivity contribution in [1.29, 1.82) is 0 Å². The van der Waals surface area contributed by atoms with Crippen molar-refractivity contribution >= 4 is 21.6 Å². The van der Waals surface area contributed by atoms with Gasteiger partial charge in [-0.05, 0) is 23.3 Å². The van der Waals surface area contributed by atoms with Crippen LogP contribution in [0.2, 0.25) is 0 Å². The minimum atomic E-state index is -3.58. The first-order chi connectivity index (χ1) is 14.3. The number of carbonyl (C=O) groups excluding carboxylic acids is 1. The first-order valence-electron chi connectivity index (χ1n) is 9.00. The Kier molecular flexibility index (Phi) is 6.78. The van der Waals surface area contributed by atoms with E-state index in [0.717, 1.165) is 17.9 Å². The van der Waals surface area contributed by atoms with E-state index in [1.165, 1.54) is 18.4 Å². The average Bonchev–Trinajstić information content (AvgIpc) is 3.14. The van der Waals surface area contributed by atoms with Gasteiger partial charge in [-0.1, -0.05) is 36.4 Å². The lowest BCUT2D eigenvalue weighted by atomic mass is 10.1. The molecule has 0 aromatic heterocycles. The van der Waals surface area contributed by atoms with E-state index in [2.05, 4.69) is 10.0 Å². The van der Waals surface area contributed by atoms with Crippen LogP contribution in [-0.2, 0) is 42.0 Å². The molecule has 1 aliphatic rings. The van der Waals surface area contributed by atoms with Gasteiger partial charge in [-0.25, -0.2) is 12.8 Å². The van der Waals surface area contributed by atoms with Crippen molar-refractivity contribution in [3.8, 4) is 0 Å². The quantitative estimate of drug-likeness (QED) is 0.625. The lowest BCUT2D eigenvalue weighted by Gasteiger charge is -2.12. The molecule has 0 bridgehead atoms. The molecule has 0 radical (unpaired) electrons. The number of sulfonamides is 1. The Morgan fingerprint density at radius 1 is 1.17 bits per heavy atom. The highest BCUT2D eigenvalue weighted by Gasteiger charge is 2.21. The summed E-state index contributed by atoms with van der Waals surface area (Å²) in [6.45, 7) is -0.255. The van der Waals surface area contributed by atoms with Crippen LogP contribution in [0.3, 0.4) is 0 Å². The fraction of sp³-hybridized carbons (Fsp3) is 0.250. The Morgan fingerprint density at radius 3 is 2.63 bits per heavy atom. The van der Waals surface area contributed by atoms with Gasteiger partial charge in [0.2, 0.25) is 16.3 Å². The highest BCUT2D eigenvalue weighted by atomic mass is 32.2. The molecule has 1 unspecified atom stereocenters. The molecule has 0 spiro atoms. The number of carbonyl (C=O) groups is 1. The molecule has 1 amide bonds. The van der Waals surface area contributed by atoms with Crippen molar-refractivity contribution in [2.24, 2.45) is 0 Å². The molecule has 0 saturated heterocycles. The van der Waals surface area contributed by atoms with Crippen LogP contribution in [0, 0.1) is 5.82 Å². The van der Waals surface area contributed by atoms with Gasteiger partial charge in [0.05, 0.1) is 11.9 Å². The first-order valence-corrected chi connectivity index (χ1v) is 10.9. The van der Waals surface area contributed by atoms with E-state index in [9.17, 15) is 17.6 Å². The van der Waals surface area contributed by atoms with Crippen LogP contribution in [0.5, 0.6) is 0 Å². The average molecular weight is 436 g/mol. The molecule has 2 aromatic carbocycles. The molecule has 3 rings (SSSR count). The predicted molar refractivity (Wildman–Crippen MR) is 107 cm³/mol. The smallest absolute Gasteiger partial charge is 0.319 e. The minimum absolute atomic E-state index is 0.0469. The van der Waals surface area contributed by atoms with Gasteiger partial charge in [0, 0.05) is 13.0 Å². The molecule has 1 aliphatic heterocycles. The number of hydrogen-bond acceptors (Lipinski definition) is 6. The molecule has 10 heteroatoms. The maximum Gasteiger partial charge on any atom is 0.319 e. The summed E-state index contributed by atoms with van der Waals surface area (Å²) >= 11 is 0. The van der Waals surface area contributed by atoms with Gasteiger partial charge in [-0.15, -0.1) is 0 Å². The number of rotatable bonds is 9. The molecule has 1 atom stereocenters. The fourth-order valence-electron chi connectivity index (χ4n) is 2.62. The Labute approximate surface area is 173 Å². The molecule has 8 nitrogen and oxygen atoms in total. The summed E-state index contributed by atoms with van der Waals surface area (Å²) in [6.07, 6.45) is 2.25. The van der Waals surface area contributed by atoms with Gasteiger partial charge in [0.25, 0.3) is 5.91 Å². The molecule has 0 saturated carbocycles. The highest BCUT2D eigenvalue weighted by Crippen LogP contribution is 2.19. The predicted octanol–water partition coefficient (Wildman–Crippen LogP) is 2.24. The van der Waals surface area contributed by atoms with Crippen LogP contribution < -0.4 is 10.0 Å². The molecular formula is C20H21FN2O6S. The van der Waals surface area contributed by atoms with Crippen LogP contribution in [0.4, 0.5) is 10.1 Å². The van der Waals surface area contributed by atoms with Gasteiger partial charge in [-0.2, -0.15) is 0 Å². The number of benzene rings is 2. The van der Waals surface area contributed by atoms with Crippen LogP contribution in [0.15, 0.2) is 60.7 Å². The van der Waals surface area contributed by atoms with Gasteiger partial charge >= 0.3 is 5.95 Å². The topological polar surface area (TPSA) is 103 Å². The molecule has 0 fully saturated rings. The lowest BCUT2D eigenvalue weighted by molar-refractivity contribution is -0.128. The van der Waals surface area contributed by atoms with E-state index in [0.29, 0.717) is 12.0 Å². The summed E-state index contributed by atoms with van der Waals surface area (Å²) in [5, 5.41) is 2.58. The number of halogens is 1. The SMILES string of the molecule is CS(=O)(=O)Nc1ccc(CNC(=O)COC2=COC(Cc3ccccc3)O2)cc1F. The van der Waals surface area contributed by atoms with E-state index in [-0.39, 0.29) is 24.8 Å². The number of hydrogen-bond donors (Lipinski definition) is 2. The molecule has 30 heavy (non-hydrogen) atoms. The zero-order valence-electron chi connectivity index (χ0n) is 16.1. The van der Waals surface area contributed by atoms with Gasteiger partial charge in [-0.3, -0.25) is 9.52 Å². The molecule has 1 heterocycles. The second-order valence-electron chi connectivity index (χ2n) is 6.56. The Morgan fingerprint density at radius 2 is 1.93 bits per heavy atom. The van der Waals surface area contributed by atoms with Crippen molar-refractivity contribution in [2.45, 2.75) is 19.3 Å². The molecule has 2 N–H and O–H groups in total. The number of anilines is 1. The van der Waals surface area contributed by atoms with Crippen LogP contribution in [0.1, 0.15) is 11.1 Å². The maximum atomic E-state index is 13.9. The third kappa shape index (κ3) is 6.66. The van der Waals surface area contributed by atoms with Crippen molar-refractivity contribution in [3.05, 3.63) is 77.7 Å². The highest BCUT2D eigenvalue weighted by molar-refractivity contribution is 7.92. The van der Waals surface area contributed by atoms with E-state index < -0.39 is 28.0 Å². The Balaban J connectivity index is 1.40. The zero-order valence-corrected chi connectivity index (χ0v) is 16.9. The Hall–Kier alpha value is -3.27. The van der Waals surface area contributed by atoms with Gasteiger partial charge < -0.3 is 19.5 Å². The monoisotopic (exact) mass is 436 g/mol. The number of amides is 1. The van der Waals surface area contributed by atoms with Crippen molar-refractivity contribution < 1.29 is 31.8 Å². The van der Waals surface area contributed by atoms with E-state index in [4.69, 9.17) is 14.2 Å². The Bertz CT molecular complexity index is 1030. The standard InChI is InChI=1S/C20H21FN2O6S/c1-30(25,26)23-17-8-7-15(9-16(17)21)11-22-18(24)12-27-20-13-28-19(29-20)10-14-5-3-2-4-6-14/h2-9,13,19,23H,10-12H2,1H3,(H,22,24). The third-order valence-corrected chi connectivity index (χ3v) is 4.56. The van der Waals surface area contributed by atoms with E-state index in [1.54, 1.807) is 0 Å². The summed E-state index contributed by atoms with van der Waals surface area (Å²) in [5.74, 6) is -1.08. The van der Waals surface area contributed by atoms with E-state index >= 15 is 0 Å². The van der Waals surface area contributed by atoms with E-state index in [1.807, 2.05) is 30.3 Å². The lowest BCUT2D eigenvalue weighted by Crippen LogP contribution is -2.27. The van der Waals surface area contributed by atoms with Crippen molar-refractivity contribution in [2.75, 3.05) is 17.6 Å².